The van der Waals surface area contributed by atoms with Gasteiger partial charge in [-0.05, 0) is 72.2 Å². The molecule has 0 aromatic heterocycles. The van der Waals surface area contributed by atoms with E-state index in [0.29, 0.717) is 35.9 Å². The highest BCUT2D eigenvalue weighted by atomic mass is 32.2. The number of carbonyl (C=O) groups excluding carboxylic acids is 3. The summed E-state index contributed by atoms with van der Waals surface area (Å²) in [6, 6.07) is 21.7. The molecule has 0 aliphatic carbocycles. The van der Waals surface area contributed by atoms with Crippen LogP contribution in [-0.4, -0.2) is 92.1 Å². The number of amides is 2. The molecule has 10 nitrogen and oxygen atoms in total. The molecule has 0 heterocycles. The first kappa shape index (κ1) is 41.3. The van der Waals surface area contributed by atoms with Crippen molar-refractivity contribution in [3.8, 4) is 11.5 Å². The van der Waals surface area contributed by atoms with E-state index in [2.05, 4.69) is 5.32 Å². The number of thioether (sulfide) groups is 1. The monoisotopic (exact) mass is 725 g/mol. The average molecular weight is 726 g/mol. The van der Waals surface area contributed by atoms with Crippen LogP contribution in [-0.2, 0) is 43.4 Å². The number of carbonyl (C=O) groups is 3. The lowest BCUT2D eigenvalue weighted by Crippen LogP contribution is -2.65. The number of benzene rings is 3. The fourth-order valence-corrected chi connectivity index (χ4v) is 6.31. The number of esters is 1. The number of hydrogen-bond donors (Lipinski definition) is 1. The second-order valence-electron chi connectivity index (χ2n) is 12.5. The molecule has 1 N–H and O–H groups in total. The summed E-state index contributed by atoms with van der Waals surface area (Å²) in [5.74, 6) is -3.81. The quantitative estimate of drug-likeness (QED) is 0.0820. The van der Waals surface area contributed by atoms with Crippen molar-refractivity contribution in [2.24, 2.45) is 5.92 Å². The lowest BCUT2D eigenvalue weighted by Gasteiger charge is -2.42. The Hall–Kier alpha value is -4.13. The summed E-state index contributed by atoms with van der Waals surface area (Å²) in [6.45, 7) is 5.67. The maximum Gasteiger partial charge on any atom is 0.328 e. The second kappa shape index (κ2) is 20.7. The van der Waals surface area contributed by atoms with E-state index in [0.717, 1.165) is 16.0 Å². The molecule has 0 saturated carbocycles. The SMILES string of the molecule is CCOC(=O)[C@H](CCSC)NC(=O)[C@](F)(Cc1ccccc1)N(COC)C(=O)[C@H](C(C)C)N(Cc1ccc(OC)cc1)Cc1ccc(OC)cc1. The van der Waals surface area contributed by atoms with E-state index in [4.69, 9.17) is 18.9 Å². The van der Waals surface area contributed by atoms with E-state index in [1.54, 1.807) is 51.5 Å². The lowest BCUT2D eigenvalue weighted by atomic mass is 9.95. The molecule has 278 valence electrons. The number of rotatable bonds is 21. The van der Waals surface area contributed by atoms with Gasteiger partial charge in [-0.25, -0.2) is 9.18 Å². The van der Waals surface area contributed by atoms with Gasteiger partial charge >= 0.3 is 5.97 Å². The number of nitrogens with zero attached hydrogens (tertiary/aromatic N) is 2. The smallest absolute Gasteiger partial charge is 0.328 e. The van der Waals surface area contributed by atoms with Crippen molar-refractivity contribution in [2.75, 3.05) is 46.7 Å². The molecule has 3 aromatic rings. The van der Waals surface area contributed by atoms with Gasteiger partial charge in [-0.2, -0.15) is 11.8 Å². The average Bonchev–Trinajstić information content (AvgIpc) is 3.13. The summed E-state index contributed by atoms with van der Waals surface area (Å²) >= 11 is 1.48. The number of hydrogen-bond acceptors (Lipinski definition) is 9. The lowest BCUT2D eigenvalue weighted by molar-refractivity contribution is -0.176. The van der Waals surface area contributed by atoms with E-state index in [9.17, 15) is 14.4 Å². The molecular formula is C39H52FN3O7S. The van der Waals surface area contributed by atoms with Crippen molar-refractivity contribution in [3.05, 3.63) is 95.6 Å². The van der Waals surface area contributed by atoms with Gasteiger partial charge < -0.3 is 24.3 Å². The highest BCUT2D eigenvalue weighted by Gasteiger charge is 2.51. The predicted molar refractivity (Wildman–Crippen MR) is 198 cm³/mol. The van der Waals surface area contributed by atoms with Crippen molar-refractivity contribution in [2.45, 2.75) is 64.6 Å². The second-order valence-corrected chi connectivity index (χ2v) is 13.4. The Kier molecular flexibility index (Phi) is 16.7. The third-order valence-electron chi connectivity index (χ3n) is 8.44. The van der Waals surface area contributed by atoms with E-state index < -0.39 is 48.8 Å². The molecule has 12 heteroatoms. The zero-order valence-electron chi connectivity index (χ0n) is 30.7. The number of alkyl halides is 1. The van der Waals surface area contributed by atoms with Gasteiger partial charge in [-0.1, -0.05) is 68.4 Å². The minimum atomic E-state index is -2.95. The van der Waals surface area contributed by atoms with Gasteiger partial charge in [0.1, 0.15) is 24.3 Å². The van der Waals surface area contributed by atoms with Gasteiger partial charge in [0.05, 0.1) is 26.9 Å². The Morgan fingerprint density at radius 3 is 1.84 bits per heavy atom. The first-order valence-electron chi connectivity index (χ1n) is 17.0. The van der Waals surface area contributed by atoms with Gasteiger partial charge in [0.25, 0.3) is 11.7 Å². The van der Waals surface area contributed by atoms with E-state index in [1.165, 1.54) is 18.9 Å². The largest absolute Gasteiger partial charge is 0.497 e. The predicted octanol–water partition coefficient (Wildman–Crippen LogP) is 5.87. The molecule has 0 bridgehead atoms. The van der Waals surface area contributed by atoms with Gasteiger partial charge in [-0.3, -0.25) is 19.4 Å². The van der Waals surface area contributed by atoms with Crippen molar-refractivity contribution < 1.29 is 37.7 Å². The summed E-state index contributed by atoms with van der Waals surface area (Å²) in [7, 11) is 4.53. The molecule has 3 atom stereocenters. The van der Waals surface area contributed by atoms with Crippen molar-refractivity contribution >= 4 is 29.5 Å². The topological polar surface area (TPSA) is 107 Å². The maximum atomic E-state index is 18.0. The molecule has 0 aliphatic heterocycles. The minimum absolute atomic E-state index is 0.0951. The molecule has 3 rings (SSSR count). The van der Waals surface area contributed by atoms with Crippen LogP contribution in [0.2, 0.25) is 0 Å². The first-order chi connectivity index (χ1) is 24.5. The Bertz CT molecular complexity index is 1460. The van der Waals surface area contributed by atoms with E-state index >= 15 is 4.39 Å². The van der Waals surface area contributed by atoms with E-state index in [-0.39, 0.29) is 18.9 Å². The number of halogens is 1. The summed E-state index contributed by atoms with van der Waals surface area (Å²) in [4.78, 5) is 45.0. The van der Waals surface area contributed by atoms with Crippen LogP contribution in [0.25, 0.3) is 0 Å². The minimum Gasteiger partial charge on any atom is -0.497 e. The van der Waals surface area contributed by atoms with Gasteiger partial charge in [-0.15, -0.1) is 0 Å². The number of nitrogens with one attached hydrogen (secondary N) is 1. The van der Waals surface area contributed by atoms with Crippen molar-refractivity contribution in [1.82, 2.24) is 15.1 Å². The van der Waals surface area contributed by atoms with Crippen LogP contribution in [0.4, 0.5) is 4.39 Å². The molecule has 0 aliphatic rings. The third-order valence-corrected chi connectivity index (χ3v) is 9.08. The van der Waals surface area contributed by atoms with Crippen LogP contribution in [0.3, 0.4) is 0 Å². The van der Waals surface area contributed by atoms with Crippen LogP contribution in [0, 0.1) is 5.92 Å². The summed E-state index contributed by atoms with van der Waals surface area (Å²) in [6.07, 6.45) is 1.61. The normalized spacial score (nSPS) is 13.6. The standard InChI is InChI=1S/C39H52FN3O7S/c1-8-50-37(45)34(22-23-51-7)41-38(46)39(40,24-29-12-10-9-11-13-29)43(27-47-4)36(44)35(28(2)3)42(25-30-14-18-32(48-5)19-15-30)26-31-16-20-33(49-6)21-17-31/h9-21,28,34-35H,8,22-27H2,1-7H3,(H,41,46)/t34-,35-,39-/m0/s1. The fourth-order valence-electron chi connectivity index (χ4n) is 5.84. The number of methoxy groups -OCH3 is 3. The molecular weight excluding hydrogens is 674 g/mol. The maximum absolute atomic E-state index is 18.0. The molecule has 3 aromatic carbocycles. The molecule has 0 spiro atoms. The van der Waals surface area contributed by atoms with Crippen LogP contribution < -0.4 is 14.8 Å². The van der Waals surface area contributed by atoms with Crippen LogP contribution in [0.5, 0.6) is 11.5 Å². The van der Waals surface area contributed by atoms with Crippen molar-refractivity contribution in [1.29, 1.82) is 0 Å². The van der Waals surface area contributed by atoms with Crippen molar-refractivity contribution in [3.63, 3.8) is 0 Å². The van der Waals surface area contributed by atoms with Gasteiger partial charge in [0.15, 0.2) is 0 Å². The Labute approximate surface area is 306 Å². The van der Waals surface area contributed by atoms with Gasteiger partial charge in [0, 0.05) is 26.6 Å². The molecule has 0 unspecified atom stereocenters. The fraction of sp³-hybridized carbons (Fsp3) is 0.462. The van der Waals surface area contributed by atoms with E-state index in [1.807, 2.05) is 73.5 Å². The third kappa shape index (κ3) is 11.7. The number of ether oxygens (including phenoxy) is 4. The molecule has 2 amide bonds. The summed E-state index contributed by atoms with van der Waals surface area (Å²) in [5.41, 5.74) is 2.29. The molecule has 0 fully saturated rings. The van der Waals surface area contributed by atoms with Crippen LogP contribution in [0.1, 0.15) is 43.9 Å². The molecule has 0 radical (unpaired) electrons. The highest BCUT2D eigenvalue weighted by molar-refractivity contribution is 7.98. The zero-order valence-corrected chi connectivity index (χ0v) is 31.5. The van der Waals surface area contributed by atoms with Gasteiger partial charge in [0.2, 0.25) is 5.91 Å². The summed E-state index contributed by atoms with van der Waals surface area (Å²) < 4.78 is 39.4. The molecule has 0 saturated heterocycles. The zero-order chi connectivity index (χ0) is 37.4. The Morgan fingerprint density at radius 1 is 0.843 bits per heavy atom. The van der Waals surface area contributed by atoms with Crippen LogP contribution >= 0.6 is 11.8 Å². The first-order valence-corrected chi connectivity index (χ1v) is 18.4. The Morgan fingerprint density at radius 2 is 1.39 bits per heavy atom. The van der Waals surface area contributed by atoms with Crippen LogP contribution in [0.15, 0.2) is 78.9 Å². The summed E-state index contributed by atoms with van der Waals surface area (Å²) in [5, 5.41) is 2.60. The highest BCUT2D eigenvalue weighted by Crippen LogP contribution is 2.30. The molecule has 51 heavy (non-hydrogen) atoms. The Balaban J connectivity index is 2.13.